The van der Waals surface area contributed by atoms with E-state index in [1.807, 2.05) is 45.0 Å². The molecule has 0 aliphatic rings. The molecule has 0 amide bonds. The number of carbonyl (C=O) groups is 1. The molecule has 1 heterocycles. The van der Waals surface area contributed by atoms with Crippen LogP contribution < -0.4 is 10.5 Å². The number of thiophene rings is 1. The Kier molecular flexibility index (Phi) is 4.53. The average molecular weight is 305 g/mol. The van der Waals surface area contributed by atoms with Crippen LogP contribution in [0.1, 0.15) is 36.0 Å². The molecule has 112 valence electrons. The Hall–Kier alpha value is -2.01. The molecule has 0 spiro atoms. The van der Waals surface area contributed by atoms with E-state index in [4.69, 9.17) is 10.5 Å². The minimum absolute atomic E-state index is 0.0916. The highest BCUT2D eigenvalue weighted by molar-refractivity contribution is 7.18. The van der Waals surface area contributed by atoms with Gasteiger partial charge in [-0.25, -0.2) is 4.79 Å². The highest BCUT2D eigenvalue weighted by Gasteiger charge is 2.20. The minimum atomic E-state index is -0.979. The molecule has 1 aromatic carbocycles. The Balaban J connectivity index is 2.51. The second kappa shape index (κ2) is 6.18. The molecule has 0 saturated heterocycles. The molecule has 2 aromatic rings. The Morgan fingerprint density at radius 1 is 1.43 bits per heavy atom. The first-order valence-electron chi connectivity index (χ1n) is 6.85. The lowest BCUT2D eigenvalue weighted by Crippen LogP contribution is -2.05. The van der Waals surface area contributed by atoms with Crippen molar-refractivity contribution in [3.63, 3.8) is 0 Å². The summed E-state index contributed by atoms with van der Waals surface area (Å²) in [6, 6.07) is 7.67. The number of hydrogen-bond acceptors (Lipinski definition) is 4. The molecule has 21 heavy (non-hydrogen) atoms. The average Bonchev–Trinajstić information content (AvgIpc) is 2.75. The molecule has 0 unspecified atom stereocenters. The van der Waals surface area contributed by atoms with E-state index in [2.05, 4.69) is 0 Å². The molecular formula is C16H19NO3S. The molecule has 2 rings (SSSR count). The summed E-state index contributed by atoms with van der Waals surface area (Å²) in [6.07, 6.45) is 0.786. The summed E-state index contributed by atoms with van der Waals surface area (Å²) in [5.74, 6) is -0.207. The predicted octanol–water partition coefficient (Wildman–Crippen LogP) is 4.05. The van der Waals surface area contributed by atoms with Crippen molar-refractivity contribution >= 4 is 23.0 Å². The monoisotopic (exact) mass is 305 g/mol. The first-order valence-corrected chi connectivity index (χ1v) is 7.67. The van der Waals surface area contributed by atoms with Gasteiger partial charge in [0.1, 0.15) is 10.6 Å². The van der Waals surface area contributed by atoms with Crippen molar-refractivity contribution < 1.29 is 14.6 Å². The zero-order valence-corrected chi connectivity index (χ0v) is 13.2. The van der Waals surface area contributed by atoms with Crippen LogP contribution in [-0.2, 0) is 6.42 Å². The van der Waals surface area contributed by atoms with Gasteiger partial charge in [-0.05, 0) is 43.5 Å². The number of aromatic carboxylic acids is 1. The molecular weight excluding hydrogens is 286 g/mol. The van der Waals surface area contributed by atoms with Crippen LogP contribution >= 0.6 is 11.3 Å². The van der Waals surface area contributed by atoms with Crippen molar-refractivity contribution in [3.05, 3.63) is 34.7 Å². The summed E-state index contributed by atoms with van der Waals surface area (Å²) in [4.78, 5) is 12.4. The number of benzene rings is 1. The Bertz CT molecular complexity index is 662. The SMILES string of the molecule is CCc1c(-c2cccc(OC(C)C)c2)sc(C(=O)O)c1N. The van der Waals surface area contributed by atoms with Crippen molar-refractivity contribution in [3.8, 4) is 16.2 Å². The maximum Gasteiger partial charge on any atom is 0.348 e. The minimum Gasteiger partial charge on any atom is -0.491 e. The second-order valence-corrected chi connectivity index (χ2v) is 6.03. The summed E-state index contributed by atoms with van der Waals surface area (Å²) in [5, 5.41) is 9.23. The maximum atomic E-state index is 11.3. The molecule has 4 nitrogen and oxygen atoms in total. The molecule has 5 heteroatoms. The third kappa shape index (κ3) is 3.19. The standard InChI is InChI=1S/C16H19NO3S/c1-4-12-13(17)15(16(18)19)21-14(12)10-6-5-7-11(8-10)20-9(2)3/h5-9H,4,17H2,1-3H3,(H,18,19). The number of nitrogen functional groups attached to an aromatic ring is 1. The molecule has 1 aromatic heterocycles. The van der Waals surface area contributed by atoms with Crippen LogP contribution in [0.15, 0.2) is 24.3 Å². The highest BCUT2D eigenvalue weighted by Crippen LogP contribution is 2.40. The molecule has 0 fully saturated rings. The largest absolute Gasteiger partial charge is 0.491 e. The fourth-order valence-corrected chi connectivity index (χ4v) is 3.35. The van der Waals surface area contributed by atoms with E-state index < -0.39 is 5.97 Å². The number of rotatable bonds is 5. The van der Waals surface area contributed by atoms with Gasteiger partial charge >= 0.3 is 5.97 Å². The summed E-state index contributed by atoms with van der Waals surface area (Å²) < 4.78 is 5.69. The summed E-state index contributed by atoms with van der Waals surface area (Å²) in [7, 11) is 0. The van der Waals surface area contributed by atoms with Gasteiger partial charge in [0, 0.05) is 4.88 Å². The van der Waals surface area contributed by atoms with Crippen molar-refractivity contribution in [1.82, 2.24) is 0 Å². The van der Waals surface area contributed by atoms with Gasteiger partial charge in [0.2, 0.25) is 0 Å². The summed E-state index contributed by atoms with van der Waals surface area (Å²) in [5.41, 5.74) is 8.17. The smallest absolute Gasteiger partial charge is 0.348 e. The molecule has 0 saturated carbocycles. The molecule has 0 bridgehead atoms. The van der Waals surface area contributed by atoms with Gasteiger partial charge < -0.3 is 15.6 Å². The number of ether oxygens (including phenoxy) is 1. The van der Waals surface area contributed by atoms with Crippen LogP contribution in [0.4, 0.5) is 5.69 Å². The van der Waals surface area contributed by atoms with Crippen LogP contribution in [0.5, 0.6) is 5.75 Å². The Morgan fingerprint density at radius 3 is 2.71 bits per heavy atom. The zero-order chi connectivity index (χ0) is 15.6. The number of anilines is 1. The van der Waals surface area contributed by atoms with E-state index in [0.29, 0.717) is 12.1 Å². The van der Waals surface area contributed by atoms with E-state index in [9.17, 15) is 9.90 Å². The van der Waals surface area contributed by atoms with E-state index >= 15 is 0 Å². The third-order valence-electron chi connectivity index (χ3n) is 3.06. The van der Waals surface area contributed by atoms with E-state index in [1.54, 1.807) is 0 Å². The van der Waals surface area contributed by atoms with Crippen LogP contribution in [0.2, 0.25) is 0 Å². The van der Waals surface area contributed by atoms with Crippen LogP contribution in [0, 0.1) is 0 Å². The first-order chi connectivity index (χ1) is 9.93. The summed E-state index contributed by atoms with van der Waals surface area (Å²) >= 11 is 1.22. The van der Waals surface area contributed by atoms with Crippen molar-refractivity contribution in [2.45, 2.75) is 33.3 Å². The highest BCUT2D eigenvalue weighted by atomic mass is 32.1. The van der Waals surface area contributed by atoms with Gasteiger partial charge in [-0.3, -0.25) is 0 Å². The topological polar surface area (TPSA) is 72.5 Å². The molecule has 0 atom stereocenters. The van der Waals surface area contributed by atoms with Gasteiger partial charge in [0.25, 0.3) is 0 Å². The quantitative estimate of drug-likeness (QED) is 0.874. The fraction of sp³-hybridized carbons (Fsp3) is 0.312. The second-order valence-electron chi connectivity index (χ2n) is 5.01. The van der Waals surface area contributed by atoms with Gasteiger partial charge in [-0.2, -0.15) is 0 Å². The molecule has 3 N–H and O–H groups in total. The van der Waals surface area contributed by atoms with Crippen molar-refractivity contribution in [2.24, 2.45) is 0 Å². The molecule has 0 aliphatic heterocycles. The van der Waals surface area contributed by atoms with Crippen molar-refractivity contribution in [2.75, 3.05) is 5.73 Å². The van der Waals surface area contributed by atoms with Crippen LogP contribution in [0.3, 0.4) is 0 Å². The molecule has 0 aliphatic carbocycles. The maximum absolute atomic E-state index is 11.3. The number of carboxylic acids is 1. The number of carboxylic acid groups (broad SMARTS) is 1. The lowest BCUT2D eigenvalue weighted by atomic mass is 10.1. The lowest BCUT2D eigenvalue weighted by molar-refractivity contribution is 0.0703. The van der Waals surface area contributed by atoms with Gasteiger partial charge in [-0.15, -0.1) is 11.3 Å². The fourth-order valence-electron chi connectivity index (χ4n) is 2.20. The molecule has 0 radical (unpaired) electrons. The lowest BCUT2D eigenvalue weighted by Gasteiger charge is -2.11. The summed E-state index contributed by atoms with van der Waals surface area (Å²) in [6.45, 7) is 5.91. The van der Waals surface area contributed by atoms with Gasteiger partial charge in [0.15, 0.2) is 0 Å². The third-order valence-corrected chi connectivity index (χ3v) is 4.35. The normalized spacial score (nSPS) is 10.9. The van der Waals surface area contributed by atoms with E-state index in [0.717, 1.165) is 21.8 Å². The predicted molar refractivity (Wildman–Crippen MR) is 86.3 cm³/mol. The van der Waals surface area contributed by atoms with E-state index in [-0.39, 0.29) is 11.0 Å². The number of nitrogens with two attached hydrogens (primary N) is 1. The Morgan fingerprint density at radius 2 is 2.14 bits per heavy atom. The zero-order valence-electron chi connectivity index (χ0n) is 12.3. The van der Waals surface area contributed by atoms with Crippen LogP contribution in [0.25, 0.3) is 10.4 Å². The first kappa shape index (κ1) is 15.4. The van der Waals surface area contributed by atoms with E-state index in [1.165, 1.54) is 11.3 Å². The van der Waals surface area contributed by atoms with Crippen molar-refractivity contribution in [1.29, 1.82) is 0 Å². The van der Waals surface area contributed by atoms with Gasteiger partial charge in [0.05, 0.1) is 11.8 Å². The Labute approximate surface area is 128 Å². The van der Waals surface area contributed by atoms with Crippen LogP contribution in [-0.4, -0.2) is 17.2 Å². The van der Waals surface area contributed by atoms with Gasteiger partial charge in [-0.1, -0.05) is 19.1 Å². The number of hydrogen-bond donors (Lipinski definition) is 2.